The average molecular weight is 375 g/mol. The summed E-state index contributed by atoms with van der Waals surface area (Å²) < 4.78 is 25.2. The molecule has 1 amide bonds. The third-order valence-corrected chi connectivity index (χ3v) is 7.55. The lowest BCUT2D eigenvalue weighted by molar-refractivity contribution is -0.912. The first kappa shape index (κ1) is 20.6. The second kappa shape index (κ2) is 9.33. The molecule has 0 aromatic rings. The van der Waals surface area contributed by atoms with Crippen LogP contribution in [0, 0.1) is 17.8 Å². The van der Waals surface area contributed by atoms with Crippen molar-refractivity contribution in [1.82, 2.24) is 9.62 Å². The number of likely N-dealkylation sites (tertiary alicyclic amines) is 1. The first-order chi connectivity index (χ1) is 11.8. The van der Waals surface area contributed by atoms with Crippen LogP contribution < -0.4 is 10.2 Å². The number of hydrogen-bond acceptors (Lipinski definition) is 3. The third-order valence-electron chi connectivity index (χ3n) is 5.67. The maximum Gasteiger partial charge on any atom is 0.223 e. The summed E-state index contributed by atoms with van der Waals surface area (Å²) in [5, 5.41) is 3.06. The van der Waals surface area contributed by atoms with Crippen molar-refractivity contribution in [2.75, 3.05) is 45.0 Å². The summed E-state index contributed by atoms with van der Waals surface area (Å²) in [6, 6.07) is 0. The highest BCUT2D eigenvalue weighted by Crippen LogP contribution is 2.20. The zero-order valence-corrected chi connectivity index (χ0v) is 16.9. The summed E-state index contributed by atoms with van der Waals surface area (Å²) in [4.78, 5) is 14.0. The molecule has 0 spiro atoms. The molecule has 2 heterocycles. The van der Waals surface area contributed by atoms with Gasteiger partial charge in [0.05, 0.1) is 25.4 Å². The van der Waals surface area contributed by atoms with E-state index in [1.807, 2.05) is 0 Å². The molecule has 146 valence electrons. The summed E-state index contributed by atoms with van der Waals surface area (Å²) in [5.74, 6) is 1.81. The SMILES string of the molecule is CCS(=O)(=O)N1CCC(C(=O)NCCC[NH+]2C[C@H](C)C[C@@H](C)C2)CC1. The summed E-state index contributed by atoms with van der Waals surface area (Å²) >= 11 is 0. The van der Waals surface area contributed by atoms with E-state index in [0.717, 1.165) is 31.3 Å². The van der Waals surface area contributed by atoms with E-state index in [4.69, 9.17) is 0 Å². The van der Waals surface area contributed by atoms with Gasteiger partial charge in [-0.2, -0.15) is 0 Å². The van der Waals surface area contributed by atoms with Gasteiger partial charge in [0.15, 0.2) is 0 Å². The standard InChI is InChI=1S/C18H35N3O3S/c1-4-25(23,24)21-10-6-17(7-11-21)18(22)19-8-5-9-20-13-15(2)12-16(3)14-20/h15-17H,4-14H2,1-3H3,(H,19,22)/p+1/t15-,16-/m1/s1. The number of rotatable bonds is 7. The summed E-state index contributed by atoms with van der Waals surface area (Å²) in [6.45, 7) is 11.7. The molecule has 7 heteroatoms. The topological polar surface area (TPSA) is 70.9 Å². The average Bonchev–Trinajstić information content (AvgIpc) is 2.58. The normalized spacial score (nSPS) is 29.5. The minimum Gasteiger partial charge on any atom is -0.356 e. The number of carbonyl (C=O) groups is 1. The number of hydrogen-bond donors (Lipinski definition) is 2. The quantitative estimate of drug-likeness (QED) is 0.622. The minimum atomic E-state index is -3.11. The molecular formula is C18H36N3O3S+. The zero-order chi connectivity index (χ0) is 18.4. The van der Waals surface area contributed by atoms with Gasteiger partial charge in [-0.25, -0.2) is 12.7 Å². The highest BCUT2D eigenvalue weighted by Gasteiger charge is 2.30. The van der Waals surface area contributed by atoms with Crippen LogP contribution >= 0.6 is 0 Å². The molecule has 0 aliphatic carbocycles. The highest BCUT2D eigenvalue weighted by atomic mass is 32.2. The van der Waals surface area contributed by atoms with Crippen LogP contribution in [0.3, 0.4) is 0 Å². The smallest absolute Gasteiger partial charge is 0.223 e. The van der Waals surface area contributed by atoms with Crippen molar-refractivity contribution in [1.29, 1.82) is 0 Å². The summed E-state index contributed by atoms with van der Waals surface area (Å²) in [6.07, 6.45) is 3.63. The van der Waals surface area contributed by atoms with Crippen molar-refractivity contribution >= 4 is 15.9 Å². The largest absolute Gasteiger partial charge is 0.356 e. The second-order valence-corrected chi connectivity index (χ2v) is 10.3. The van der Waals surface area contributed by atoms with Crippen LogP contribution in [0.2, 0.25) is 0 Å². The summed E-state index contributed by atoms with van der Waals surface area (Å²) in [5.41, 5.74) is 0. The van der Waals surface area contributed by atoms with Crippen molar-refractivity contribution in [2.24, 2.45) is 17.8 Å². The lowest BCUT2D eigenvalue weighted by Crippen LogP contribution is -3.14. The van der Waals surface area contributed by atoms with E-state index in [1.54, 1.807) is 11.8 Å². The van der Waals surface area contributed by atoms with E-state index >= 15 is 0 Å². The van der Waals surface area contributed by atoms with Crippen molar-refractivity contribution in [3.05, 3.63) is 0 Å². The first-order valence-electron chi connectivity index (χ1n) is 9.91. The highest BCUT2D eigenvalue weighted by molar-refractivity contribution is 7.89. The van der Waals surface area contributed by atoms with Gasteiger partial charge in [0.1, 0.15) is 0 Å². The number of quaternary nitrogens is 1. The summed E-state index contributed by atoms with van der Waals surface area (Å²) in [7, 11) is -3.11. The Bertz CT molecular complexity index is 520. The van der Waals surface area contributed by atoms with Gasteiger partial charge in [-0.3, -0.25) is 4.79 Å². The van der Waals surface area contributed by atoms with Crippen molar-refractivity contribution in [2.45, 2.75) is 46.5 Å². The third kappa shape index (κ3) is 6.22. The van der Waals surface area contributed by atoms with Gasteiger partial charge in [0.25, 0.3) is 0 Å². The lowest BCUT2D eigenvalue weighted by Gasteiger charge is -2.32. The first-order valence-corrected chi connectivity index (χ1v) is 11.5. The maximum atomic E-state index is 12.3. The maximum absolute atomic E-state index is 12.3. The number of carbonyl (C=O) groups excluding carboxylic acids is 1. The van der Waals surface area contributed by atoms with Gasteiger partial charge < -0.3 is 10.2 Å². The lowest BCUT2D eigenvalue weighted by atomic mass is 9.92. The number of sulfonamides is 1. The number of piperidine rings is 2. The fraction of sp³-hybridized carbons (Fsp3) is 0.944. The molecule has 2 fully saturated rings. The molecule has 0 aromatic carbocycles. The Morgan fingerprint density at radius 3 is 2.32 bits per heavy atom. The van der Waals surface area contributed by atoms with E-state index in [0.29, 0.717) is 25.9 Å². The molecule has 0 saturated carbocycles. The van der Waals surface area contributed by atoms with Crippen LogP contribution in [-0.2, 0) is 14.8 Å². The Kier molecular flexibility index (Phi) is 7.70. The predicted molar refractivity (Wildman–Crippen MR) is 99.9 cm³/mol. The van der Waals surface area contributed by atoms with Crippen molar-refractivity contribution in [3.63, 3.8) is 0 Å². The molecule has 0 unspecified atom stereocenters. The monoisotopic (exact) mass is 374 g/mol. The minimum absolute atomic E-state index is 0.0364. The molecule has 2 N–H and O–H groups in total. The molecule has 0 bridgehead atoms. The predicted octanol–water partition coefficient (Wildman–Crippen LogP) is 0.115. The van der Waals surface area contributed by atoms with E-state index in [-0.39, 0.29) is 17.6 Å². The number of amides is 1. The molecule has 2 aliphatic heterocycles. The number of nitrogens with zero attached hydrogens (tertiary/aromatic N) is 1. The molecule has 25 heavy (non-hydrogen) atoms. The second-order valence-electron chi connectivity index (χ2n) is 8.07. The molecule has 6 nitrogen and oxygen atoms in total. The fourth-order valence-corrected chi connectivity index (χ4v) is 5.53. The van der Waals surface area contributed by atoms with Gasteiger partial charge in [0, 0.05) is 43.8 Å². The van der Waals surface area contributed by atoms with Crippen molar-refractivity contribution < 1.29 is 18.1 Å². The van der Waals surface area contributed by atoms with Gasteiger partial charge in [-0.05, 0) is 26.2 Å². The fourth-order valence-electron chi connectivity index (χ4n) is 4.40. The van der Waals surface area contributed by atoms with Crippen molar-refractivity contribution in [3.8, 4) is 0 Å². The van der Waals surface area contributed by atoms with Gasteiger partial charge in [-0.15, -0.1) is 0 Å². The van der Waals surface area contributed by atoms with Crippen LogP contribution in [0.1, 0.15) is 46.5 Å². The molecule has 0 radical (unpaired) electrons. The Labute approximate surface area is 153 Å². The Morgan fingerprint density at radius 1 is 1.16 bits per heavy atom. The van der Waals surface area contributed by atoms with E-state index < -0.39 is 10.0 Å². The van der Waals surface area contributed by atoms with Gasteiger partial charge in [0.2, 0.25) is 15.9 Å². The van der Waals surface area contributed by atoms with E-state index in [9.17, 15) is 13.2 Å². The van der Waals surface area contributed by atoms with Crippen LogP contribution in [0.25, 0.3) is 0 Å². The van der Waals surface area contributed by atoms with Crippen LogP contribution in [0.4, 0.5) is 0 Å². The molecule has 2 saturated heterocycles. The zero-order valence-electron chi connectivity index (χ0n) is 16.1. The Morgan fingerprint density at radius 2 is 1.76 bits per heavy atom. The molecule has 0 aromatic heterocycles. The molecular weight excluding hydrogens is 338 g/mol. The Hall–Kier alpha value is -0.660. The van der Waals surface area contributed by atoms with Gasteiger partial charge in [-0.1, -0.05) is 13.8 Å². The van der Waals surface area contributed by atoms with E-state index in [1.165, 1.54) is 23.8 Å². The molecule has 2 rings (SSSR count). The molecule has 2 atom stereocenters. The molecule has 2 aliphatic rings. The van der Waals surface area contributed by atoms with Crippen LogP contribution in [0.15, 0.2) is 0 Å². The van der Waals surface area contributed by atoms with Gasteiger partial charge >= 0.3 is 0 Å². The Balaban J connectivity index is 1.63. The van der Waals surface area contributed by atoms with Crippen LogP contribution in [0.5, 0.6) is 0 Å². The van der Waals surface area contributed by atoms with E-state index in [2.05, 4.69) is 19.2 Å². The van der Waals surface area contributed by atoms with Crippen LogP contribution in [-0.4, -0.2) is 63.7 Å². The number of nitrogens with one attached hydrogen (secondary N) is 2.